The van der Waals surface area contributed by atoms with Crippen molar-refractivity contribution in [3.63, 3.8) is 0 Å². The van der Waals surface area contributed by atoms with Gasteiger partial charge in [0.15, 0.2) is 5.82 Å². The predicted molar refractivity (Wildman–Crippen MR) is 47.6 cm³/mol. The Morgan fingerprint density at radius 3 is 2.83 bits per heavy atom. The van der Waals surface area contributed by atoms with Crippen LogP contribution in [0.4, 0.5) is 5.82 Å². The van der Waals surface area contributed by atoms with Crippen molar-refractivity contribution in [2.24, 2.45) is 0 Å². The van der Waals surface area contributed by atoms with Crippen LogP contribution in [0, 0.1) is 0 Å². The molecule has 1 aromatic rings. The second-order valence-corrected chi connectivity index (χ2v) is 3.06. The first-order valence-corrected chi connectivity index (χ1v) is 3.99. The maximum absolute atomic E-state index is 5.41. The van der Waals surface area contributed by atoms with Crippen molar-refractivity contribution in [3.8, 4) is 0 Å². The van der Waals surface area contributed by atoms with Gasteiger partial charge in [-0.2, -0.15) is 0 Å². The molecule has 1 rings (SSSR count). The number of hydrogen-bond donors (Lipinski definition) is 1. The fourth-order valence-electron chi connectivity index (χ4n) is 0.972. The molecule has 5 heteroatoms. The van der Waals surface area contributed by atoms with Crippen LogP contribution in [-0.4, -0.2) is 40.5 Å². The van der Waals surface area contributed by atoms with Crippen LogP contribution in [0.2, 0.25) is 0 Å². The summed E-state index contributed by atoms with van der Waals surface area (Å²) >= 11 is 0. The Morgan fingerprint density at radius 2 is 2.33 bits per heavy atom. The Bertz CT molecular complexity index is 229. The van der Waals surface area contributed by atoms with Crippen LogP contribution < -0.4 is 5.73 Å². The summed E-state index contributed by atoms with van der Waals surface area (Å²) in [7, 11) is 4.10. The Kier molecular flexibility index (Phi) is 3.04. The highest BCUT2D eigenvalue weighted by atomic mass is 15.4. The molecule has 12 heavy (non-hydrogen) atoms. The summed E-state index contributed by atoms with van der Waals surface area (Å²) in [5.74, 6) is 0.486. The summed E-state index contributed by atoms with van der Waals surface area (Å²) in [5.41, 5.74) is 5.41. The van der Waals surface area contributed by atoms with Gasteiger partial charge < -0.3 is 10.6 Å². The van der Waals surface area contributed by atoms with Crippen LogP contribution in [0.3, 0.4) is 0 Å². The lowest BCUT2D eigenvalue weighted by molar-refractivity contribution is 0.379. The molecule has 68 valence electrons. The Balaban J connectivity index is 2.24. The van der Waals surface area contributed by atoms with Gasteiger partial charge in [0.1, 0.15) is 0 Å². The smallest absolute Gasteiger partial charge is 0.165 e. The zero-order valence-electron chi connectivity index (χ0n) is 7.56. The van der Waals surface area contributed by atoms with Gasteiger partial charge in [0.05, 0.1) is 6.20 Å². The van der Waals surface area contributed by atoms with E-state index < -0.39 is 0 Å². The summed E-state index contributed by atoms with van der Waals surface area (Å²) in [5, 5.41) is 7.53. The molecule has 2 N–H and O–H groups in total. The highest BCUT2D eigenvalue weighted by molar-refractivity contribution is 5.19. The van der Waals surface area contributed by atoms with Crippen LogP contribution >= 0.6 is 0 Å². The molecule has 0 aliphatic heterocycles. The van der Waals surface area contributed by atoms with Crippen LogP contribution in [0.15, 0.2) is 6.20 Å². The molecule has 0 aliphatic carbocycles. The molecule has 0 aliphatic rings. The van der Waals surface area contributed by atoms with Gasteiger partial charge in [0.2, 0.25) is 0 Å². The number of nitrogens with zero attached hydrogens (tertiary/aromatic N) is 4. The normalized spacial score (nSPS) is 10.9. The van der Waals surface area contributed by atoms with Crippen LogP contribution in [-0.2, 0) is 6.54 Å². The molecule has 5 nitrogen and oxygen atoms in total. The van der Waals surface area contributed by atoms with Crippen molar-refractivity contribution in [3.05, 3.63) is 6.20 Å². The third-order valence-electron chi connectivity index (χ3n) is 1.55. The molecule has 1 aromatic heterocycles. The molecule has 0 saturated heterocycles. The van der Waals surface area contributed by atoms with E-state index >= 15 is 0 Å². The van der Waals surface area contributed by atoms with E-state index in [4.69, 9.17) is 5.73 Å². The van der Waals surface area contributed by atoms with E-state index in [1.54, 1.807) is 10.9 Å². The lowest BCUT2D eigenvalue weighted by Crippen LogP contribution is -2.15. The van der Waals surface area contributed by atoms with E-state index in [0.29, 0.717) is 5.82 Å². The third kappa shape index (κ3) is 2.87. The van der Waals surface area contributed by atoms with Crippen molar-refractivity contribution in [2.45, 2.75) is 13.0 Å². The lowest BCUT2D eigenvalue weighted by Gasteiger charge is -2.07. The van der Waals surface area contributed by atoms with Crippen LogP contribution in [0.1, 0.15) is 6.42 Å². The second kappa shape index (κ2) is 4.06. The van der Waals surface area contributed by atoms with Gasteiger partial charge in [0.25, 0.3) is 0 Å². The first-order valence-electron chi connectivity index (χ1n) is 3.99. The van der Waals surface area contributed by atoms with Crippen molar-refractivity contribution in [2.75, 3.05) is 26.4 Å². The Labute approximate surface area is 72.2 Å². The fourth-order valence-corrected chi connectivity index (χ4v) is 0.972. The highest BCUT2D eigenvalue weighted by Crippen LogP contribution is 1.94. The largest absolute Gasteiger partial charge is 0.381 e. The predicted octanol–water partition coefficient (Wildman–Crippen LogP) is -0.188. The van der Waals surface area contributed by atoms with E-state index in [1.807, 2.05) is 0 Å². The zero-order valence-corrected chi connectivity index (χ0v) is 7.56. The van der Waals surface area contributed by atoms with Crippen molar-refractivity contribution in [1.29, 1.82) is 0 Å². The second-order valence-electron chi connectivity index (χ2n) is 3.06. The number of nitrogens with two attached hydrogens (primary N) is 1. The molecule has 0 radical (unpaired) electrons. The molecular weight excluding hydrogens is 154 g/mol. The van der Waals surface area contributed by atoms with Gasteiger partial charge in [-0.25, -0.2) is 0 Å². The molecule has 0 amide bonds. The number of aromatic nitrogens is 3. The van der Waals surface area contributed by atoms with Gasteiger partial charge >= 0.3 is 0 Å². The van der Waals surface area contributed by atoms with E-state index in [0.717, 1.165) is 19.5 Å². The number of anilines is 1. The number of aryl methyl sites for hydroxylation is 1. The van der Waals surface area contributed by atoms with Crippen molar-refractivity contribution < 1.29 is 0 Å². The molecule has 0 saturated carbocycles. The topological polar surface area (TPSA) is 60.0 Å². The minimum absolute atomic E-state index is 0.486. The number of nitrogen functional groups attached to an aromatic ring is 1. The van der Waals surface area contributed by atoms with Crippen molar-refractivity contribution >= 4 is 5.82 Å². The van der Waals surface area contributed by atoms with Crippen molar-refractivity contribution in [1.82, 2.24) is 19.9 Å². The maximum atomic E-state index is 5.41. The van der Waals surface area contributed by atoms with Crippen LogP contribution in [0.5, 0.6) is 0 Å². The molecule has 0 unspecified atom stereocenters. The average molecular weight is 169 g/mol. The summed E-state index contributed by atoms with van der Waals surface area (Å²) in [4.78, 5) is 2.14. The Hall–Kier alpha value is -1.10. The average Bonchev–Trinajstić information content (AvgIpc) is 2.35. The molecule has 0 bridgehead atoms. The molecule has 0 atom stereocenters. The number of hydrogen-bond acceptors (Lipinski definition) is 4. The SMILES string of the molecule is CN(C)CCCn1cc(N)nn1. The van der Waals surface area contributed by atoms with Gasteiger partial charge in [-0.05, 0) is 27.1 Å². The summed E-state index contributed by atoms with van der Waals surface area (Å²) < 4.78 is 1.76. The fraction of sp³-hybridized carbons (Fsp3) is 0.714. The summed E-state index contributed by atoms with van der Waals surface area (Å²) in [6.07, 6.45) is 2.81. The van der Waals surface area contributed by atoms with Gasteiger partial charge in [-0.3, -0.25) is 4.68 Å². The Morgan fingerprint density at radius 1 is 1.58 bits per heavy atom. The minimum Gasteiger partial charge on any atom is -0.381 e. The highest BCUT2D eigenvalue weighted by Gasteiger charge is 1.95. The van der Waals surface area contributed by atoms with Gasteiger partial charge in [-0.1, -0.05) is 5.21 Å². The summed E-state index contributed by atoms with van der Waals surface area (Å²) in [6, 6.07) is 0. The van der Waals surface area contributed by atoms with Crippen LogP contribution in [0.25, 0.3) is 0 Å². The lowest BCUT2D eigenvalue weighted by atomic mass is 10.4. The quantitative estimate of drug-likeness (QED) is 0.678. The first kappa shape index (κ1) is 8.99. The monoisotopic (exact) mass is 169 g/mol. The van der Waals surface area contributed by atoms with E-state index in [9.17, 15) is 0 Å². The summed E-state index contributed by atoms with van der Waals surface area (Å²) in [6.45, 7) is 1.93. The van der Waals surface area contributed by atoms with E-state index in [-0.39, 0.29) is 0 Å². The zero-order chi connectivity index (χ0) is 8.97. The molecular formula is C7H15N5. The first-order chi connectivity index (χ1) is 5.68. The number of rotatable bonds is 4. The minimum atomic E-state index is 0.486. The van der Waals surface area contributed by atoms with Gasteiger partial charge in [-0.15, -0.1) is 5.10 Å². The van der Waals surface area contributed by atoms with E-state index in [2.05, 4.69) is 29.3 Å². The third-order valence-corrected chi connectivity index (χ3v) is 1.55. The standard InChI is InChI=1S/C7H15N5/c1-11(2)4-3-5-12-6-7(8)9-10-12/h6H,3-5,8H2,1-2H3. The maximum Gasteiger partial charge on any atom is 0.165 e. The molecule has 0 aromatic carbocycles. The van der Waals surface area contributed by atoms with Gasteiger partial charge in [0, 0.05) is 6.54 Å². The molecule has 0 fully saturated rings. The van der Waals surface area contributed by atoms with E-state index in [1.165, 1.54) is 0 Å². The molecule has 1 heterocycles. The molecule has 0 spiro atoms.